The molecule has 0 atom stereocenters. The molecule has 1 heterocycles. The van der Waals surface area contributed by atoms with Crippen LogP contribution in [0.1, 0.15) is 6.42 Å². The molecule has 0 spiro atoms. The Hall–Kier alpha value is 0.668. The normalized spacial score (nSPS) is 28.4. The van der Waals surface area contributed by atoms with E-state index < -0.39 is 34.2 Å². The van der Waals surface area contributed by atoms with E-state index in [2.05, 4.69) is 45.8 Å². The molecule has 1 N–H and O–H groups in total. The fourth-order valence-electron chi connectivity index (χ4n) is 2.81. The van der Waals surface area contributed by atoms with E-state index in [0.717, 1.165) is 6.04 Å². The highest BCUT2D eigenvalue weighted by atomic mass is 28.5. The zero-order valence-electron chi connectivity index (χ0n) is 13.2. The minimum Gasteiger partial charge on any atom is -0.416 e. The van der Waals surface area contributed by atoms with Gasteiger partial charge in [-0.05, 0) is 58.3 Å². The maximum Gasteiger partial charge on any atom is 0.317 e. The fourth-order valence-corrected chi connectivity index (χ4v) is 24.4. The molecule has 0 aliphatic carbocycles. The predicted molar refractivity (Wildman–Crippen MR) is 84.9 cm³/mol. The zero-order chi connectivity index (χ0) is 14.9. The van der Waals surface area contributed by atoms with Crippen LogP contribution in [0.3, 0.4) is 0 Å². The largest absolute Gasteiger partial charge is 0.416 e. The van der Waals surface area contributed by atoms with Crippen LogP contribution in [-0.4, -0.2) is 46.0 Å². The maximum atomic E-state index is 9.06. The van der Waals surface area contributed by atoms with Gasteiger partial charge in [-0.25, -0.2) is 0 Å². The molecule has 9 heteroatoms. The number of rotatable bonds is 3. The van der Waals surface area contributed by atoms with Gasteiger partial charge < -0.3 is 21.6 Å². The van der Waals surface area contributed by atoms with Gasteiger partial charge in [0.05, 0.1) is 0 Å². The summed E-state index contributed by atoms with van der Waals surface area (Å²) in [5.41, 5.74) is 0. The maximum absolute atomic E-state index is 9.06. The third-order valence-corrected chi connectivity index (χ3v) is 19.2. The van der Waals surface area contributed by atoms with E-state index in [9.17, 15) is 0 Å². The van der Waals surface area contributed by atoms with Crippen LogP contribution in [0.15, 0.2) is 0 Å². The van der Waals surface area contributed by atoms with Crippen LogP contribution in [0.2, 0.25) is 51.9 Å². The fraction of sp³-hybridized carbons (Fsp3) is 1.00. The van der Waals surface area contributed by atoms with Crippen molar-refractivity contribution in [2.45, 2.75) is 58.3 Å². The van der Waals surface area contributed by atoms with E-state index in [4.69, 9.17) is 21.6 Å². The molecule has 0 saturated carbocycles. The average molecular weight is 341 g/mol. The van der Waals surface area contributed by atoms with Crippen molar-refractivity contribution in [1.29, 1.82) is 0 Å². The predicted octanol–water partition coefficient (Wildman–Crippen LogP) is 2.63. The zero-order valence-corrected chi connectivity index (χ0v) is 17.2. The molecule has 0 unspecified atom stereocenters. The summed E-state index contributed by atoms with van der Waals surface area (Å²) in [6.45, 7) is 14.6. The third kappa shape index (κ3) is 5.89. The molecule has 0 aromatic carbocycles. The molecule has 1 saturated heterocycles. The molecule has 114 valence electrons. The Morgan fingerprint density at radius 2 is 1.05 bits per heavy atom. The Bertz CT molecular complexity index is 299. The van der Waals surface area contributed by atoms with Gasteiger partial charge in [0.15, 0.2) is 0 Å². The minimum atomic E-state index is -2.34. The van der Waals surface area contributed by atoms with E-state index in [0.29, 0.717) is 6.42 Å². The Kier molecular flexibility index (Phi) is 5.42. The molecular weight excluding hydrogens is 312 g/mol. The molecule has 19 heavy (non-hydrogen) atoms. The summed E-state index contributed by atoms with van der Waals surface area (Å²) in [5, 5.41) is 9.06. The summed E-state index contributed by atoms with van der Waals surface area (Å²) >= 11 is 0. The highest BCUT2D eigenvalue weighted by Crippen LogP contribution is 2.32. The first-order chi connectivity index (χ1) is 8.39. The molecule has 1 aliphatic heterocycles. The van der Waals surface area contributed by atoms with E-state index in [1.54, 1.807) is 0 Å². The van der Waals surface area contributed by atoms with Gasteiger partial charge in [0.25, 0.3) is 0 Å². The molecule has 1 fully saturated rings. The number of hydrogen-bond donors (Lipinski definition) is 1. The van der Waals surface area contributed by atoms with Crippen LogP contribution >= 0.6 is 0 Å². The van der Waals surface area contributed by atoms with E-state index >= 15 is 0 Å². The van der Waals surface area contributed by atoms with Crippen LogP contribution in [0.4, 0.5) is 0 Å². The Morgan fingerprint density at radius 1 is 0.684 bits per heavy atom. The first-order valence-electron chi connectivity index (χ1n) is 6.80. The van der Waals surface area contributed by atoms with Crippen molar-refractivity contribution >= 4 is 34.2 Å². The second kappa shape index (κ2) is 5.81. The van der Waals surface area contributed by atoms with Crippen LogP contribution in [0.5, 0.6) is 0 Å². The van der Waals surface area contributed by atoms with Crippen molar-refractivity contribution < 1.29 is 21.6 Å². The molecule has 1 rings (SSSR count). The van der Waals surface area contributed by atoms with Crippen LogP contribution < -0.4 is 0 Å². The van der Waals surface area contributed by atoms with Gasteiger partial charge in [-0.1, -0.05) is 0 Å². The van der Waals surface area contributed by atoms with Gasteiger partial charge in [0.2, 0.25) is 0 Å². The molecule has 0 aromatic heterocycles. The lowest BCUT2D eigenvalue weighted by Gasteiger charge is -2.47. The lowest BCUT2D eigenvalue weighted by Crippen LogP contribution is -2.65. The topological polar surface area (TPSA) is 57.2 Å². The molecule has 5 nitrogen and oxygen atoms in total. The SMILES string of the molecule is C[Si]1(C)O[Si](C)(C)O[Si](C)(CCCO)O[Si](C)(C)O1. The smallest absolute Gasteiger partial charge is 0.317 e. The first kappa shape index (κ1) is 17.7. The van der Waals surface area contributed by atoms with E-state index in [1.807, 2.05) is 0 Å². The van der Waals surface area contributed by atoms with Crippen molar-refractivity contribution in [3.05, 3.63) is 0 Å². The van der Waals surface area contributed by atoms with Crippen molar-refractivity contribution in [2.75, 3.05) is 6.61 Å². The van der Waals surface area contributed by atoms with Crippen LogP contribution in [-0.2, 0) is 16.5 Å². The average Bonchev–Trinajstić information content (AvgIpc) is 2.06. The van der Waals surface area contributed by atoms with Crippen molar-refractivity contribution in [1.82, 2.24) is 0 Å². The standard InChI is InChI=1S/C10H28O5Si4/c1-16(2)12-17(3,4)14-19(7,10-8-9-11)15-18(5,6)13-16/h11H,8-10H2,1-7H3. The van der Waals surface area contributed by atoms with Gasteiger partial charge in [0.1, 0.15) is 0 Å². The second-order valence-electron chi connectivity index (χ2n) is 6.57. The third-order valence-electron chi connectivity index (χ3n) is 2.70. The lowest BCUT2D eigenvalue weighted by molar-refractivity contribution is 0.228. The molecule has 0 amide bonds. The summed E-state index contributed by atoms with van der Waals surface area (Å²) in [6, 6.07) is 0.783. The molecule has 0 aromatic rings. The molecular formula is C10H28O5Si4. The molecule has 0 radical (unpaired) electrons. The van der Waals surface area contributed by atoms with Crippen LogP contribution in [0.25, 0.3) is 0 Å². The van der Waals surface area contributed by atoms with Gasteiger partial charge in [-0.15, -0.1) is 0 Å². The molecule has 0 bridgehead atoms. The Balaban J connectivity index is 2.97. The summed E-state index contributed by atoms with van der Waals surface area (Å²) in [5.74, 6) is 0. The van der Waals surface area contributed by atoms with Crippen molar-refractivity contribution in [2.24, 2.45) is 0 Å². The number of aliphatic hydroxyl groups excluding tert-OH is 1. The first-order valence-corrected chi connectivity index (χ1v) is 17.8. The second-order valence-corrected chi connectivity index (χ2v) is 21.0. The van der Waals surface area contributed by atoms with Gasteiger partial charge in [-0.3, -0.25) is 0 Å². The monoisotopic (exact) mass is 340 g/mol. The number of hydrogen-bond acceptors (Lipinski definition) is 5. The summed E-state index contributed by atoms with van der Waals surface area (Å²) in [4.78, 5) is 0. The molecule has 1 aliphatic rings. The van der Waals surface area contributed by atoms with Gasteiger partial charge in [0, 0.05) is 6.61 Å². The highest BCUT2D eigenvalue weighted by molar-refractivity contribution is 6.93. The quantitative estimate of drug-likeness (QED) is 0.800. The number of aliphatic hydroxyl groups is 1. The highest BCUT2D eigenvalue weighted by Gasteiger charge is 2.51. The van der Waals surface area contributed by atoms with Gasteiger partial charge >= 0.3 is 34.2 Å². The Morgan fingerprint density at radius 3 is 1.42 bits per heavy atom. The summed E-state index contributed by atoms with van der Waals surface area (Å²) in [7, 11) is -9.01. The lowest BCUT2D eigenvalue weighted by atomic mass is 10.5. The minimum absolute atomic E-state index is 0.168. The van der Waals surface area contributed by atoms with Crippen LogP contribution in [0, 0.1) is 0 Å². The van der Waals surface area contributed by atoms with Gasteiger partial charge in [-0.2, -0.15) is 0 Å². The Labute approximate surface area is 121 Å². The van der Waals surface area contributed by atoms with E-state index in [1.165, 1.54) is 0 Å². The van der Waals surface area contributed by atoms with Crippen molar-refractivity contribution in [3.63, 3.8) is 0 Å². The van der Waals surface area contributed by atoms with E-state index in [-0.39, 0.29) is 6.61 Å². The van der Waals surface area contributed by atoms with Crippen molar-refractivity contribution in [3.8, 4) is 0 Å². The summed E-state index contributed by atoms with van der Waals surface area (Å²) in [6.07, 6.45) is 0.707. The summed E-state index contributed by atoms with van der Waals surface area (Å²) < 4.78 is 25.2.